The van der Waals surface area contributed by atoms with Crippen molar-refractivity contribution in [3.63, 3.8) is 0 Å². The first kappa shape index (κ1) is 15.1. The summed E-state index contributed by atoms with van der Waals surface area (Å²) in [5, 5.41) is 1.94. The van der Waals surface area contributed by atoms with Gasteiger partial charge in [0.25, 0.3) is 5.56 Å². The number of ether oxygens (including phenoxy) is 1. The van der Waals surface area contributed by atoms with Gasteiger partial charge < -0.3 is 9.30 Å². The molecule has 5 heteroatoms. The summed E-state index contributed by atoms with van der Waals surface area (Å²) in [6.45, 7) is 0.463. The van der Waals surface area contributed by atoms with Gasteiger partial charge in [-0.3, -0.25) is 4.79 Å². The van der Waals surface area contributed by atoms with Crippen molar-refractivity contribution in [3.8, 4) is 5.75 Å². The maximum absolute atomic E-state index is 12.6. The van der Waals surface area contributed by atoms with Crippen LogP contribution in [0, 0.1) is 0 Å². The van der Waals surface area contributed by atoms with E-state index >= 15 is 0 Å². The lowest BCUT2D eigenvalue weighted by Crippen LogP contribution is -2.20. The molecule has 0 saturated heterocycles. The third-order valence-corrected chi connectivity index (χ3v) is 4.31. The number of benzene rings is 2. The first-order valence-corrected chi connectivity index (χ1v) is 7.87. The highest BCUT2D eigenvalue weighted by Crippen LogP contribution is 2.24. The van der Waals surface area contributed by atoms with Crippen molar-refractivity contribution in [2.24, 2.45) is 0 Å². The molecule has 112 valence electrons. The Morgan fingerprint density at radius 2 is 1.86 bits per heavy atom. The third-order valence-electron chi connectivity index (χ3n) is 3.51. The number of fused-ring (bicyclic) bond motifs is 1. The molecule has 3 nitrogen and oxygen atoms in total. The van der Waals surface area contributed by atoms with Crippen molar-refractivity contribution in [1.82, 2.24) is 4.57 Å². The summed E-state index contributed by atoms with van der Waals surface area (Å²) in [5.41, 5.74) is 0.949. The molecule has 0 bridgehead atoms. The number of pyridine rings is 1. The van der Waals surface area contributed by atoms with Gasteiger partial charge >= 0.3 is 0 Å². The van der Waals surface area contributed by atoms with Crippen molar-refractivity contribution in [2.75, 3.05) is 7.11 Å². The first-order valence-electron chi connectivity index (χ1n) is 6.69. The van der Waals surface area contributed by atoms with E-state index in [2.05, 4.69) is 15.9 Å². The van der Waals surface area contributed by atoms with Gasteiger partial charge in [0.1, 0.15) is 5.75 Å². The zero-order valence-corrected chi connectivity index (χ0v) is 14.2. The molecule has 1 aromatic heterocycles. The van der Waals surface area contributed by atoms with E-state index in [1.54, 1.807) is 23.9 Å². The van der Waals surface area contributed by atoms with Gasteiger partial charge in [0.2, 0.25) is 0 Å². The molecule has 1 heterocycles. The largest absolute Gasteiger partial charge is 0.497 e. The molecule has 0 aliphatic heterocycles. The zero-order chi connectivity index (χ0) is 15.7. The van der Waals surface area contributed by atoms with Gasteiger partial charge in [0, 0.05) is 21.4 Å². The molecule has 0 atom stereocenters. The number of hydrogen-bond acceptors (Lipinski definition) is 2. The zero-order valence-electron chi connectivity index (χ0n) is 11.8. The first-order chi connectivity index (χ1) is 10.6. The van der Waals surface area contributed by atoms with Gasteiger partial charge in [0.15, 0.2) is 0 Å². The molecule has 0 aliphatic carbocycles. The van der Waals surface area contributed by atoms with Crippen LogP contribution in [-0.4, -0.2) is 11.7 Å². The van der Waals surface area contributed by atoms with Crippen molar-refractivity contribution in [3.05, 3.63) is 74.1 Å². The summed E-state index contributed by atoms with van der Waals surface area (Å²) >= 11 is 9.70. The van der Waals surface area contributed by atoms with Crippen LogP contribution in [0.4, 0.5) is 0 Å². The van der Waals surface area contributed by atoms with E-state index in [1.165, 1.54) is 0 Å². The van der Waals surface area contributed by atoms with Crippen molar-refractivity contribution in [2.45, 2.75) is 6.54 Å². The van der Waals surface area contributed by atoms with Gasteiger partial charge in [0.05, 0.1) is 18.7 Å². The van der Waals surface area contributed by atoms with Crippen LogP contribution < -0.4 is 10.3 Å². The maximum Gasteiger partial charge on any atom is 0.258 e. The Bertz CT molecular complexity index is 888. The molecule has 0 fully saturated rings. The van der Waals surface area contributed by atoms with E-state index in [4.69, 9.17) is 16.3 Å². The van der Waals surface area contributed by atoms with E-state index in [9.17, 15) is 4.79 Å². The van der Waals surface area contributed by atoms with E-state index in [-0.39, 0.29) is 5.56 Å². The fraction of sp³-hybridized carbons (Fsp3) is 0.118. The lowest BCUT2D eigenvalue weighted by molar-refractivity contribution is 0.414. The number of rotatable bonds is 3. The molecule has 0 unspecified atom stereocenters. The smallest absolute Gasteiger partial charge is 0.258 e. The standard InChI is InChI=1S/C17H13BrClNO2/c1-22-13-5-2-11(3-6-13)9-20-10-16(19)14-7-4-12(18)8-15(14)17(20)21/h2-8,10H,9H2,1H3. The molecule has 0 saturated carbocycles. The Hall–Kier alpha value is -1.78. The van der Waals surface area contributed by atoms with Gasteiger partial charge in [-0.15, -0.1) is 0 Å². The Morgan fingerprint density at radius 1 is 1.14 bits per heavy atom. The van der Waals surface area contributed by atoms with Crippen LogP contribution in [0.1, 0.15) is 5.56 Å². The number of methoxy groups -OCH3 is 1. The van der Waals surface area contributed by atoms with E-state index in [0.29, 0.717) is 17.0 Å². The fourth-order valence-electron chi connectivity index (χ4n) is 2.37. The highest BCUT2D eigenvalue weighted by molar-refractivity contribution is 9.10. The minimum Gasteiger partial charge on any atom is -0.497 e. The van der Waals surface area contributed by atoms with Crippen LogP contribution >= 0.6 is 27.5 Å². The molecule has 0 N–H and O–H groups in total. The number of aromatic nitrogens is 1. The minimum atomic E-state index is -0.0588. The normalized spacial score (nSPS) is 10.9. The van der Waals surface area contributed by atoms with Gasteiger partial charge in [-0.2, -0.15) is 0 Å². The van der Waals surface area contributed by atoms with Crippen LogP contribution in [-0.2, 0) is 6.54 Å². The second-order valence-corrected chi connectivity index (χ2v) is 6.27. The van der Waals surface area contributed by atoms with Crippen LogP contribution in [0.15, 0.2) is 57.9 Å². The van der Waals surface area contributed by atoms with Gasteiger partial charge in [-0.1, -0.05) is 45.7 Å². The van der Waals surface area contributed by atoms with Gasteiger partial charge in [-0.25, -0.2) is 0 Å². The minimum absolute atomic E-state index is 0.0588. The molecule has 0 amide bonds. The summed E-state index contributed by atoms with van der Waals surface area (Å²) in [6.07, 6.45) is 1.68. The highest BCUT2D eigenvalue weighted by atomic mass is 79.9. The Morgan fingerprint density at radius 3 is 2.55 bits per heavy atom. The summed E-state index contributed by atoms with van der Waals surface area (Å²) in [4.78, 5) is 12.6. The lowest BCUT2D eigenvalue weighted by Gasteiger charge is -2.10. The second-order valence-electron chi connectivity index (χ2n) is 4.95. The Balaban J connectivity index is 2.06. The number of hydrogen-bond donors (Lipinski definition) is 0. The predicted molar refractivity (Wildman–Crippen MR) is 93.0 cm³/mol. The third kappa shape index (κ3) is 2.89. The molecule has 3 rings (SSSR count). The summed E-state index contributed by atoms with van der Waals surface area (Å²) < 4.78 is 7.62. The summed E-state index contributed by atoms with van der Waals surface area (Å²) in [5.74, 6) is 0.788. The molecule has 0 radical (unpaired) electrons. The number of halogens is 2. The average molecular weight is 379 g/mol. The van der Waals surface area contributed by atoms with Crippen molar-refractivity contribution < 1.29 is 4.74 Å². The average Bonchev–Trinajstić information content (AvgIpc) is 2.53. The lowest BCUT2D eigenvalue weighted by atomic mass is 10.1. The van der Waals surface area contributed by atoms with E-state index < -0.39 is 0 Å². The molecular formula is C17H13BrClNO2. The van der Waals surface area contributed by atoms with Gasteiger partial charge in [-0.05, 0) is 29.8 Å². The van der Waals surface area contributed by atoms with Crippen molar-refractivity contribution in [1.29, 1.82) is 0 Å². The van der Waals surface area contributed by atoms with E-state index in [1.807, 2.05) is 36.4 Å². The van der Waals surface area contributed by atoms with E-state index in [0.717, 1.165) is 21.2 Å². The molecule has 0 spiro atoms. The van der Waals surface area contributed by atoms with Crippen LogP contribution in [0.3, 0.4) is 0 Å². The molecule has 2 aromatic carbocycles. The monoisotopic (exact) mass is 377 g/mol. The second kappa shape index (κ2) is 6.15. The maximum atomic E-state index is 12.6. The quantitative estimate of drug-likeness (QED) is 0.673. The SMILES string of the molecule is COc1ccc(Cn2cc(Cl)c3ccc(Br)cc3c2=O)cc1. The molecule has 22 heavy (non-hydrogen) atoms. The Kier molecular flexibility index (Phi) is 4.23. The Labute approximate surface area is 141 Å². The predicted octanol–water partition coefficient (Wildman–Crippen LogP) is 4.47. The van der Waals surface area contributed by atoms with Crippen molar-refractivity contribution >= 4 is 38.3 Å². The topological polar surface area (TPSA) is 31.2 Å². The van der Waals surface area contributed by atoms with Crippen LogP contribution in [0.5, 0.6) is 5.75 Å². The molecular weight excluding hydrogens is 366 g/mol. The summed E-state index contributed by atoms with van der Waals surface area (Å²) in [7, 11) is 1.63. The summed E-state index contributed by atoms with van der Waals surface area (Å²) in [6, 6.07) is 13.1. The van der Waals surface area contributed by atoms with Crippen LogP contribution in [0.2, 0.25) is 5.02 Å². The van der Waals surface area contributed by atoms with Crippen LogP contribution in [0.25, 0.3) is 10.8 Å². The fourth-order valence-corrected chi connectivity index (χ4v) is 3.01. The number of nitrogens with zero attached hydrogens (tertiary/aromatic N) is 1. The molecule has 0 aliphatic rings. The molecule has 3 aromatic rings. The highest BCUT2D eigenvalue weighted by Gasteiger charge is 2.08.